The van der Waals surface area contributed by atoms with E-state index in [9.17, 15) is 9.59 Å². The van der Waals surface area contributed by atoms with Crippen LogP contribution in [0.1, 0.15) is 19.3 Å². The average Bonchev–Trinajstić information content (AvgIpc) is 3.11. The number of aryl methyl sites for hydroxylation is 2. The number of hydrogen-bond acceptors (Lipinski definition) is 3. The molecule has 6 heteroatoms. The standard InChI is InChI=1S/C16H22N4O2/c1-18-13-6-2-3-7-14(13)20(16(18)22)10-8-15(21)19-9-4-5-12(19)11-17/h2-3,6-7,12H,4-5,8-11,17H2,1H3. The Morgan fingerprint density at radius 2 is 2.05 bits per heavy atom. The molecule has 2 N–H and O–H groups in total. The maximum atomic E-state index is 12.4. The summed E-state index contributed by atoms with van der Waals surface area (Å²) in [6, 6.07) is 7.81. The molecule has 0 spiro atoms. The Bertz CT molecular complexity index is 746. The van der Waals surface area contributed by atoms with Gasteiger partial charge in [0.25, 0.3) is 0 Å². The Morgan fingerprint density at radius 3 is 2.77 bits per heavy atom. The summed E-state index contributed by atoms with van der Waals surface area (Å²) in [5.41, 5.74) is 7.41. The van der Waals surface area contributed by atoms with Gasteiger partial charge in [-0.3, -0.25) is 13.9 Å². The van der Waals surface area contributed by atoms with Gasteiger partial charge in [-0.1, -0.05) is 12.1 Å². The molecule has 1 fully saturated rings. The molecule has 2 aromatic rings. The van der Waals surface area contributed by atoms with Crippen molar-refractivity contribution in [2.24, 2.45) is 12.8 Å². The fraction of sp³-hybridized carbons (Fsp3) is 0.500. The van der Waals surface area contributed by atoms with E-state index >= 15 is 0 Å². The van der Waals surface area contributed by atoms with Crippen molar-refractivity contribution in [3.63, 3.8) is 0 Å². The first-order valence-electron chi connectivity index (χ1n) is 7.77. The monoisotopic (exact) mass is 302 g/mol. The van der Waals surface area contributed by atoms with Crippen molar-refractivity contribution in [3.8, 4) is 0 Å². The van der Waals surface area contributed by atoms with Crippen molar-refractivity contribution < 1.29 is 4.79 Å². The van der Waals surface area contributed by atoms with E-state index in [1.165, 1.54) is 0 Å². The highest BCUT2D eigenvalue weighted by molar-refractivity contribution is 5.78. The number of likely N-dealkylation sites (tertiary alicyclic amines) is 1. The second-order valence-corrected chi connectivity index (χ2v) is 5.85. The Kier molecular flexibility index (Phi) is 4.02. The number of nitrogens with zero attached hydrogens (tertiary/aromatic N) is 3. The lowest BCUT2D eigenvalue weighted by Crippen LogP contribution is -2.40. The molecule has 0 radical (unpaired) electrons. The van der Waals surface area contributed by atoms with E-state index in [1.54, 1.807) is 16.2 Å². The number of carbonyl (C=O) groups excluding carboxylic acids is 1. The lowest BCUT2D eigenvalue weighted by Gasteiger charge is -2.23. The van der Waals surface area contributed by atoms with Crippen molar-refractivity contribution in [2.45, 2.75) is 31.8 Å². The Hall–Kier alpha value is -2.08. The molecule has 118 valence electrons. The molecule has 1 atom stereocenters. The molecule has 1 aliphatic heterocycles. The molecular formula is C16H22N4O2. The molecule has 0 aliphatic carbocycles. The highest BCUT2D eigenvalue weighted by Gasteiger charge is 2.27. The van der Waals surface area contributed by atoms with Gasteiger partial charge < -0.3 is 10.6 Å². The van der Waals surface area contributed by atoms with Gasteiger partial charge >= 0.3 is 5.69 Å². The van der Waals surface area contributed by atoms with Crippen molar-refractivity contribution in [1.82, 2.24) is 14.0 Å². The number of rotatable bonds is 4. The highest BCUT2D eigenvalue weighted by atomic mass is 16.2. The third kappa shape index (κ3) is 2.43. The van der Waals surface area contributed by atoms with Crippen LogP contribution in [0.3, 0.4) is 0 Å². The first kappa shape index (κ1) is 14.8. The van der Waals surface area contributed by atoms with Crippen LogP contribution in [0.25, 0.3) is 11.0 Å². The molecule has 6 nitrogen and oxygen atoms in total. The van der Waals surface area contributed by atoms with Gasteiger partial charge in [-0.25, -0.2) is 4.79 Å². The maximum Gasteiger partial charge on any atom is 0.328 e. The number of aromatic nitrogens is 2. The van der Waals surface area contributed by atoms with E-state index < -0.39 is 0 Å². The molecule has 0 saturated carbocycles. The van der Waals surface area contributed by atoms with Crippen molar-refractivity contribution in [1.29, 1.82) is 0 Å². The SMILES string of the molecule is Cn1c(=O)n(CCC(=O)N2CCCC2CN)c2ccccc21. The predicted octanol–water partition coefficient (Wildman–Crippen LogP) is 0.680. The molecule has 2 heterocycles. The topological polar surface area (TPSA) is 73.3 Å². The van der Waals surface area contributed by atoms with Crippen molar-refractivity contribution in [3.05, 3.63) is 34.7 Å². The van der Waals surface area contributed by atoms with E-state index in [-0.39, 0.29) is 17.6 Å². The van der Waals surface area contributed by atoms with E-state index in [1.807, 2.05) is 29.2 Å². The van der Waals surface area contributed by atoms with Crippen LogP contribution in [-0.4, -0.2) is 39.1 Å². The number of imidazole rings is 1. The molecule has 22 heavy (non-hydrogen) atoms. The number of nitrogens with two attached hydrogens (primary N) is 1. The molecule has 1 amide bonds. The fourth-order valence-corrected chi connectivity index (χ4v) is 3.34. The van der Waals surface area contributed by atoms with Crippen LogP contribution < -0.4 is 11.4 Å². The summed E-state index contributed by atoms with van der Waals surface area (Å²) < 4.78 is 3.30. The van der Waals surface area contributed by atoms with Gasteiger partial charge in [-0.05, 0) is 25.0 Å². The van der Waals surface area contributed by atoms with Crippen molar-refractivity contribution >= 4 is 16.9 Å². The summed E-state index contributed by atoms with van der Waals surface area (Å²) in [5, 5.41) is 0. The molecule has 1 aromatic heterocycles. The van der Waals surface area contributed by atoms with Gasteiger partial charge in [0.1, 0.15) is 0 Å². The van der Waals surface area contributed by atoms with Crippen molar-refractivity contribution in [2.75, 3.05) is 13.1 Å². The number of carbonyl (C=O) groups is 1. The third-order valence-electron chi connectivity index (χ3n) is 4.57. The van der Waals surface area contributed by atoms with Crippen LogP contribution in [-0.2, 0) is 18.4 Å². The fourth-order valence-electron chi connectivity index (χ4n) is 3.34. The average molecular weight is 302 g/mol. The van der Waals surface area contributed by atoms with E-state index in [2.05, 4.69) is 0 Å². The van der Waals surface area contributed by atoms with Crippen LogP contribution in [0.15, 0.2) is 29.1 Å². The molecule has 3 rings (SSSR count). The minimum Gasteiger partial charge on any atom is -0.338 e. The van der Waals surface area contributed by atoms with Crippen LogP contribution in [0, 0.1) is 0 Å². The van der Waals surface area contributed by atoms with Gasteiger partial charge in [0.05, 0.1) is 11.0 Å². The first-order valence-corrected chi connectivity index (χ1v) is 7.77. The number of benzene rings is 1. The highest BCUT2D eigenvalue weighted by Crippen LogP contribution is 2.18. The van der Waals surface area contributed by atoms with E-state index in [0.29, 0.717) is 19.5 Å². The molecule has 1 aliphatic rings. The normalized spacial score (nSPS) is 18.3. The van der Waals surface area contributed by atoms with Crippen LogP contribution in [0.5, 0.6) is 0 Å². The lowest BCUT2D eigenvalue weighted by molar-refractivity contribution is -0.132. The number of fused-ring (bicyclic) bond motifs is 1. The number of hydrogen-bond donors (Lipinski definition) is 1. The zero-order valence-corrected chi connectivity index (χ0v) is 12.9. The van der Waals surface area contributed by atoms with Gasteiger partial charge in [-0.2, -0.15) is 0 Å². The Morgan fingerprint density at radius 1 is 1.32 bits per heavy atom. The summed E-state index contributed by atoms with van der Waals surface area (Å²) in [6.07, 6.45) is 2.34. The molecule has 1 aromatic carbocycles. The van der Waals surface area contributed by atoms with Gasteiger partial charge in [0, 0.05) is 39.1 Å². The minimum absolute atomic E-state index is 0.0780. The quantitative estimate of drug-likeness (QED) is 0.902. The Balaban J connectivity index is 1.78. The summed E-state index contributed by atoms with van der Waals surface area (Å²) >= 11 is 0. The summed E-state index contributed by atoms with van der Waals surface area (Å²) in [6.45, 7) is 1.71. The largest absolute Gasteiger partial charge is 0.338 e. The molecule has 1 saturated heterocycles. The second kappa shape index (κ2) is 5.96. The second-order valence-electron chi connectivity index (χ2n) is 5.85. The summed E-state index contributed by atoms with van der Waals surface area (Å²) in [4.78, 5) is 26.6. The first-order chi connectivity index (χ1) is 10.6. The lowest BCUT2D eigenvalue weighted by atomic mass is 10.2. The van der Waals surface area contributed by atoms with Gasteiger partial charge in [0.15, 0.2) is 0 Å². The zero-order valence-electron chi connectivity index (χ0n) is 12.9. The third-order valence-corrected chi connectivity index (χ3v) is 4.57. The van der Waals surface area contributed by atoms with Gasteiger partial charge in [0.2, 0.25) is 5.91 Å². The number of amides is 1. The van der Waals surface area contributed by atoms with Crippen LogP contribution in [0.4, 0.5) is 0 Å². The smallest absolute Gasteiger partial charge is 0.328 e. The predicted molar refractivity (Wildman–Crippen MR) is 85.6 cm³/mol. The van der Waals surface area contributed by atoms with Crippen LogP contribution >= 0.6 is 0 Å². The molecular weight excluding hydrogens is 280 g/mol. The summed E-state index contributed by atoms with van der Waals surface area (Å²) in [7, 11) is 1.76. The Labute approximate surface area is 129 Å². The zero-order chi connectivity index (χ0) is 15.7. The van der Waals surface area contributed by atoms with Gasteiger partial charge in [-0.15, -0.1) is 0 Å². The van der Waals surface area contributed by atoms with Crippen LogP contribution in [0.2, 0.25) is 0 Å². The number of para-hydroxylation sites is 2. The molecule has 0 bridgehead atoms. The minimum atomic E-state index is -0.0780. The van der Waals surface area contributed by atoms with E-state index in [4.69, 9.17) is 5.73 Å². The molecule has 1 unspecified atom stereocenters. The summed E-state index contributed by atoms with van der Waals surface area (Å²) in [5.74, 6) is 0.0905. The maximum absolute atomic E-state index is 12.4. The van der Waals surface area contributed by atoms with E-state index in [0.717, 1.165) is 30.4 Å².